The van der Waals surface area contributed by atoms with Gasteiger partial charge >= 0.3 is 0 Å². The van der Waals surface area contributed by atoms with Crippen LogP contribution < -0.4 is 0 Å². The van der Waals surface area contributed by atoms with Crippen LogP contribution in [0.1, 0.15) is 46.7 Å². The molecule has 25 heavy (non-hydrogen) atoms. The van der Waals surface area contributed by atoms with E-state index in [1.54, 1.807) is 17.6 Å². The van der Waals surface area contributed by atoms with Crippen molar-refractivity contribution in [2.75, 3.05) is 26.2 Å². The first kappa shape index (κ1) is 16.3. The molecule has 2 aliphatic rings. The number of carbonyl (C=O) groups is 2. The van der Waals surface area contributed by atoms with Crippen LogP contribution in [0.25, 0.3) is 0 Å². The van der Waals surface area contributed by atoms with Crippen LogP contribution in [-0.2, 0) is 0 Å². The number of piperidine rings is 2. The zero-order valence-electron chi connectivity index (χ0n) is 14.0. The maximum atomic E-state index is 12.4. The van der Waals surface area contributed by atoms with Crippen molar-refractivity contribution in [2.45, 2.75) is 25.7 Å². The van der Waals surface area contributed by atoms with Crippen LogP contribution in [0.15, 0.2) is 33.7 Å². The van der Waals surface area contributed by atoms with E-state index >= 15 is 0 Å². The smallest absolute Gasteiger partial charge is 0.289 e. The first-order chi connectivity index (χ1) is 12.2. The minimum atomic E-state index is -0.0176. The lowest BCUT2D eigenvalue weighted by Crippen LogP contribution is -2.49. The zero-order valence-corrected chi connectivity index (χ0v) is 14.8. The molecule has 2 fully saturated rings. The van der Waals surface area contributed by atoms with Crippen molar-refractivity contribution < 1.29 is 14.0 Å². The van der Waals surface area contributed by atoms with Gasteiger partial charge in [0.1, 0.15) is 5.69 Å². The summed E-state index contributed by atoms with van der Waals surface area (Å²) >= 11 is 1.45. The molecule has 4 heterocycles. The third-order valence-electron chi connectivity index (χ3n) is 5.61. The van der Waals surface area contributed by atoms with Gasteiger partial charge in [0.05, 0.1) is 11.8 Å². The van der Waals surface area contributed by atoms with Crippen LogP contribution in [-0.4, -0.2) is 52.8 Å². The van der Waals surface area contributed by atoms with Crippen molar-refractivity contribution in [1.29, 1.82) is 0 Å². The fourth-order valence-electron chi connectivity index (χ4n) is 3.90. The molecule has 0 saturated carbocycles. The molecule has 0 N–H and O–H groups in total. The second kappa shape index (κ2) is 6.63. The maximum Gasteiger partial charge on any atom is 0.289 e. The number of likely N-dealkylation sites (tertiary alicyclic amines) is 2. The zero-order chi connectivity index (χ0) is 17.3. The Morgan fingerprint density at radius 1 is 1.04 bits per heavy atom. The molecule has 0 radical (unpaired) electrons. The molecule has 0 atom stereocenters. The number of hydrogen-bond acceptors (Lipinski definition) is 5. The Kier molecular flexibility index (Phi) is 4.33. The fourth-order valence-corrected chi connectivity index (χ4v) is 4.43. The van der Waals surface area contributed by atoms with Crippen LogP contribution >= 0.6 is 11.3 Å². The molecular formula is C18H21N3O3S. The van der Waals surface area contributed by atoms with E-state index in [2.05, 4.69) is 4.98 Å². The lowest BCUT2D eigenvalue weighted by molar-refractivity contribution is 0.0266. The number of carbonyl (C=O) groups excluding carboxylic acids is 2. The second-order valence-corrected chi connectivity index (χ2v) is 7.65. The van der Waals surface area contributed by atoms with Gasteiger partial charge in [-0.1, -0.05) is 0 Å². The Bertz CT molecular complexity index is 658. The normalized spacial score (nSPS) is 20.0. The molecule has 6 nitrogen and oxygen atoms in total. The molecule has 7 heteroatoms. The predicted molar refractivity (Wildman–Crippen MR) is 93.5 cm³/mol. The summed E-state index contributed by atoms with van der Waals surface area (Å²) in [6.45, 7) is 3.09. The van der Waals surface area contributed by atoms with Crippen LogP contribution in [0, 0.1) is 5.41 Å². The summed E-state index contributed by atoms with van der Waals surface area (Å²) in [4.78, 5) is 32.7. The minimum Gasteiger partial charge on any atom is -0.459 e. The van der Waals surface area contributed by atoms with E-state index in [1.165, 1.54) is 17.6 Å². The van der Waals surface area contributed by atoms with Crippen molar-refractivity contribution in [3.05, 3.63) is 40.7 Å². The molecule has 2 aromatic rings. The van der Waals surface area contributed by atoms with Crippen molar-refractivity contribution in [1.82, 2.24) is 14.8 Å². The Labute approximate surface area is 150 Å². The van der Waals surface area contributed by atoms with Crippen molar-refractivity contribution in [3.63, 3.8) is 0 Å². The van der Waals surface area contributed by atoms with Crippen molar-refractivity contribution >= 4 is 23.2 Å². The number of aromatic nitrogens is 1. The SMILES string of the molecule is O=C(c1cscn1)N1CCC2(CC1)CCN(C(=O)c1ccco1)CC2. The predicted octanol–water partition coefficient (Wildman–Crippen LogP) is 2.89. The van der Waals surface area contributed by atoms with E-state index in [1.807, 2.05) is 15.2 Å². The summed E-state index contributed by atoms with van der Waals surface area (Å²) in [6.07, 6.45) is 5.54. The minimum absolute atomic E-state index is 0.0176. The lowest BCUT2D eigenvalue weighted by atomic mass is 9.71. The summed E-state index contributed by atoms with van der Waals surface area (Å²) < 4.78 is 5.22. The van der Waals surface area contributed by atoms with Gasteiger partial charge < -0.3 is 14.2 Å². The number of hydrogen-bond donors (Lipinski definition) is 0. The third-order valence-corrected chi connectivity index (χ3v) is 6.19. The molecule has 0 aromatic carbocycles. The number of rotatable bonds is 2. The van der Waals surface area contributed by atoms with Crippen molar-refractivity contribution in [2.24, 2.45) is 5.41 Å². The van der Waals surface area contributed by atoms with E-state index in [-0.39, 0.29) is 17.2 Å². The van der Waals surface area contributed by atoms with E-state index in [0.29, 0.717) is 11.5 Å². The molecule has 132 valence electrons. The lowest BCUT2D eigenvalue weighted by Gasteiger charge is -2.46. The Morgan fingerprint density at radius 3 is 2.20 bits per heavy atom. The fraction of sp³-hybridized carbons (Fsp3) is 0.500. The Balaban J connectivity index is 1.32. The molecule has 0 aliphatic carbocycles. The van der Waals surface area contributed by atoms with E-state index in [0.717, 1.165) is 51.9 Å². The van der Waals surface area contributed by atoms with Gasteiger partial charge in [0.25, 0.3) is 11.8 Å². The molecular weight excluding hydrogens is 338 g/mol. The second-order valence-electron chi connectivity index (χ2n) is 6.94. The molecule has 2 saturated heterocycles. The maximum absolute atomic E-state index is 12.4. The van der Waals surface area contributed by atoms with Crippen LogP contribution in [0.2, 0.25) is 0 Å². The van der Waals surface area contributed by atoms with Gasteiger partial charge in [0, 0.05) is 31.6 Å². The highest BCUT2D eigenvalue weighted by atomic mass is 32.1. The molecule has 0 unspecified atom stereocenters. The molecule has 2 aromatic heterocycles. The highest BCUT2D eigenvalue weighted by molar-refractivity contribution is 7.07. The number of nitrogens with zero attached hydrogens (tertiary/aromatic N) is 3. The average molecular weight is 359 g/mol. The van der Waals surface area contributed by atoms with E-state index < -0.39 is 0 Å². The Morgan fingerprint density at radius 2 is 1.68 bits per heavy atom. The third kappa shape index (κ3) is 3.20. The molecule has 4 rings (SSSR count). The van der Waals surface area contributed by atoms with Crippen LogP contribution in [0.4, 0.5) is 0 Å². The Hall–Kier alpha value is -2.15. The van der Waals surface area contributed by atoms with Gasteiger partial charge in [-0.05, 0) is 43.2 Å². The molecule has 2 amide bonds. The quantitative estimate of drug-likeness (QED) is 0.827. The van der Waals surface area contributed by atoms with Gasteiger partial charge in [-0.2, -0.15) is 0 Å². The first-order valence-corrected chi connectivity index (χ1v) is 9.61. The summed E-state index contributed by atoms with van der Waals surface area (Å²) in [5.74, 6) is 0.442. The summed E-state index contributed by atoms with van der Waals surface area (Å²) in [5.41, 5.74) is 2.52. The van der Waals surface area contributed by atoms with Gasteiger partial charge in [-0.15, -0.1) is 11.3 Å². The van der Waals surface area contributed by atoms with Gasteiger partial charge in [0.15, 0.2) is 5.76 Å². The first-order valence-electron chi connectivity index (χ1n) is 8.67. The number of amides is 2. The topological polar surface area (TPSA) is 66.7 Å². The highest BCUT2D eigenvalue weighted by Gasteiger charge is 2.40. The highest BCUT2D eigenvalue weighted by Crippen LogP contribution is 2.41. The van der Waals surface area contributed by atoms with E-state index in [9.17, 15) is 9.59 Å². The monoisotopic (exact) mass is 359 g/mol. The van der Waals surface area contributed by atoms with Gasteiger partial charge in [0.2, 0.25) is 0 Å². The number of thiazole rings is 1. The summed E-state index contributed by atoms with van der Waals surface area (Å²) in [5, 5.41) is 1.81. The summed E-state index contributed by atoms with van der Waals surface area (Å²) in [7, 11) is 0. The molecule has 1 spiro atoms. The molecule has 2 aliphatic heterocycles. The van der Waals surface area contributed by atoms with E-state index in [4.69, 9.17) is 4.42 Å². The standard InChI is InChI=1S/C18H21N3O3S/c22-16(14-12-25-13-19-14)20-7-3-18(4-8-20)5-9-21(10-6-18)17(23)15-2-1-11-24-15/h1-2,11-13H,3-10H2. The van der Waals surface area contributed by atoms with Crippen LogP contribution in [0.3, 0.4) is 0 Å². The van der Waals surface area contributed by atoms with Gasteiger partial charge in [-0.3, -0.25) is 9.59 Å². The van der Waals surface area contributed by atoms with Crippen molar-refractivity contribution in [3.8, 4) is 0 Å². The number of furan rings is 1. The van der Waals surface area contributed by atoms with Crippen LogP contribution in [0.5, 0.6) is 0 Å². The summed E-state index contributed by atoms with van der Waals surface area (Å²) in [6, 6.07) is 3.46. The van der Waals surface area contributed by atoms with Gasteiger partial charge in [-0.25, -0.2) is 4.98 Å². The molecule has 0 bridgehead atoms. The largest absolute Gasteiger partial charge is 0.459 e. The average Bonchev–Trinajstić information content (AvgIpc) is 3.36.